The van der Waals surface area contributed by atoms with Gasteiger partial charge in [0, 0.05) is 42.3 Å². The van der Waals surface area contributed by atoms with Crippen LogP contribution in [0.4, 0.5) is 0 Å². The van der Waals surface area contributed by atoms with Crippen molar-refractivity contribution in [3.05, 3.63) is 151 Å². The van der Waals surface area contributed by atoms with Crippen LogP contribution < -0.4 is 0 Å². The first-order valence-corrected chi connectivity index (χ1v) is 16.0. The first kappa shape index (κ1) is 22.1. The van der Waals surface area contributed by atoms with E-state index in [1.807, 2.05) is 66.7 Å². The summed E-state index contributed by atoms with van der Waals surface area (Å²) in [6, 6.07) is 35.2. The molecule has 2 heterocycles. The average molecular weight is 613 g/mol. The van der Waals surface area contributed by atoms with Crippen LogP contribution in [0.2, 0.25) is 0 Å². The van der Waals surface area contributed by atoms with Crippen LogP contribution in [-0.4, -0.2) is 15.0 Å². The van der Waals surface area contributed by atoms with Gasteiger partial charge in [0.15, 0.2) is 17.5 Å². The quantitative estimate of drug-likeness (QED) is 0.198. The van der Waals surface area contributed by atoms with E-state index in [-0.39, 0.29) is 35.1 Å². The van der Waals surface area contributed by atoms with Crippen LogP contribution in [0.15, 0.2) is 139 Å². The second-order valence-electron chi connectivity index (χ2n) is 12.1. The van der Waals surface area contributed by atoms with Gasteiger partial charge in [-0.05, 0) is 45.5 Å². The summed E-state index contributed by atoms with van der Waals surface area (Å²) >= 11 is 1.53. The maximum absolute atomic E-state index is 8.68. The van der Waals surface area contributed by atoms with Gasteiger partial charge in [-0.3, -0.25) is 0 Å². The number of benzene rings is 6. The van der Waals surface area contributed by atoms with Crippen molar-refractivity contribution in [3.63, 3.8) is 0 Å². The zero-order valence-corrected chi connectivity index (χ0v) is 26.0. The fourth-order valence-electron chi connectivity index (χ4n) is 6.82. The summed E-state index contributed by atoms with van der Waals surface area (Å²) in [4.78, 5) is 15.2. The predicted molar refractivity (Wildman–Crippen MR) is 192 cm³/mol. The van der Waals surface area contributed by atoms with E-state index in [0.29, 0.717) is 23.0 Å². The third kappa shape index (κ3) is 4.14. The minimum Gasteiger partial charge on any atom is -0.208 e. The molecule has 0 fully saturated rings. The van der Waals surface area contributed by atoms with Crippen molar-refractivity contribution in [2.45, 2.75) is 19.3 Å². The molecule has 0 unspecified atom stereocenters. The molecule has 0 saturated carbocycles. The van der Waals surface area contributed by atoms with Crippen LogP contribution >= 0.6 is 11.3 Å². The molecule has 0 amide bonds. The summed E-state index contributed by atoms with van der Waals surface area (Å²) in [6.07, 6.45) is 0. The molecule has 0 bridgehead atoms. The van der Waals surface area contributed by atoms with Gasteiger partial charge in [-0.2, -0.15) is 0 Å². The van der Waals surface area contributed by atoms with E-state index < -0.39 is 6.04 Å². The molecule has 0 atom stereocenters. The largest absolute Gasteiger partial charge is 0.208 e. The minimum absolute atomic E-state index is 0.117. The molecule has 218 valence electrons. The Bertz CT molecular complexity index is 2710. The first-order valence-electron chi connectivity index (χ1n) is 17.7. The van der Waals surface area contributed by atoms with Crippen molar-refractivity contribution in [3.8, 4) is 56.4 Å². The van der Waals surface area contributed by atoms with Crippen molar-refractivity contribution in [1.29, 1.82) is 0 Å². The van der Waals surface area contributed by atoms with Crippen LogP contribution in [0.1, 0.15) is 31.8 Å². The number of nitrogens with zero attached hydrogens (tertiary/aromatic N) is 3. The Hall–Kier alpha value is -5.45. The highest BCUT2D eigenvalue weighted by Gasteiger charge is 2.35. The van der Waals surface area contributed by atoms with Gasteiger partial charge >= 0.3 is 0 Å². The third-order valence-electron chi connectivity index (χ3n) is 9.04. The Morgan fingerprint density at radius 3 is 2.07 bits per heavy atom. The van der Waals surface area contributed by atoms with Crippen LogP contribution in [0.5, 0.6) is 0 Å². The van der Waals surface area contributed by atoms with Gasteiger partial charge in [-0.25, -0.2) is 15.0 Å². The molecule has 0 spiro atoms. The summed E-state index contributed by atoms with van der Waals surface area (Å²) in [7, 11) is 0. The molecule has 46 heavy (non-hydrogen) atoms. The third-order valence-corrected chi connectivity index (χ3v) is 10.2. The maximum Gasteiger partial charge on any atom is 0.164 e. The Balaban J connectivity index is 1.28. The molecule has 0 aliphatic heterocycles. The van der Waals surface area contributed by atoms with E-state index in [1.54, 1.807) is 0 Å². The summed E-state index contributed by atoms with van der Waals surface area (Å²) in [6.45, 7) is 4.53. The van der Waals surface area contributed by atoms with Crippen molar-refractivity contribution < 1.29 is 6.85 Å². The molecule has 0 saturated heterocycles. The molecule has 3 nitrogen and oxygen atoms in total. The van der Waals surface area contributed by atoms with Gasteiger partial charge < -0.3 is 0 Å². The van der Waals surface area contributed by atoms with Crippen molar-refractivity contribution in [2.24, 2.45) is 0 Å². The monoisotopic (exact) mass is 612 g/mol. The highest BCUT2D eigenvalue weighted by atomic mass is 32.1. The van der Waals surface area contributed by atoms with E-state index in [2.05, 4.69) is 56.3 Å². The number of hydrogen-bond donors (Lipinski definition) is 0. The molecule has 0 radical (unpaired) electrons. The van der Waals surface area contributed by atoms with Gasteiger partial charge in [0.2, 0.25) is 0 Å². The van der Waals surface area contributed by atoms with Crippen LogP contribution in [-0.2, 0) is 5.41 Å². The molecule has 4 heteroatoms. The summed E-state index contributed by atoms with van der Waals surface area (Å²) in [5.41, 5.74) is 8.25. The molecule has 8 aromatic rings. The average Bonchev–Trinajstić information content (AvgIpc) is 3.66. The van der Waals surface area contributed by atoms with E-state index in [0.717, 1.165) is 36.9 Å². The molecule has 1 aliphatic rings. The molecule has 1 aliphatic carbocycles. The standard InChI is InChI=1S/C42H29N3S/c1-42(2)34-21-10-9-17-30(34)33-25-28(23-24-35(33)42)40-43-39(27-15-7-4-8-16-27)44-41(45-40)32-20-12-22-36-37(32)31-19-11-18-29(38(31)46-36)26-13-5-3-6-14-26/h3-25H,1-2H3/i3D,5D,6D,13D,14D. The SMILES string of the molecule is [2H]c1c([2H])c([2H])c(-c2cccc3c2sc2cccc(-c4nc(-c5ccccc5)nc(-c5ccc6c(c5)-c5ccccc5C6(C)C)n4)c23)c([2H])c1[2H]. The van der Waals surface area contributed by atoms with Crippen molar-refractivity contribution in [1.82, 2.24) is 15.0 Å². The number of fused-ring (bicyclic) bond motifs is 6. The smallest absolute Gasteiger partial charge is 0.164 e. The van der Waals surface area contributed by atoms with Crippen molar-refractivity contribution >= 4 is 31.5 Å². The lowest BCUT2D eigenvalue weighted by Crippen LogP contribution is -2.14. The van der Waals surface area contributed by atoms with Gasteiger partial charge in [-0.1, -0.05) is 141 Å². The van der Waals surface area contributed by atoms with E-state index in [4.69, 9.17) is 21.8 Å². The lowest BCUT2D eigenvalue weighted by molar-refractivity contribution is 0.660. The number of thiophene rings is 1. The Morgan fingerprint density at radius 2 is 1.22 bits per heavy atom. The molecule has 0 N–H and O–H groups in total. The van der Waals surface area contributed by atoms with E-state index >= 15 is 0 Å². The van der Waals surface area contributed by atoms with Gasteiger partial charge in [0.25, 0.3) is 0 Å². The zero-order valence-electron chi connectivity index (χ0n) is 30.1. The van der Waals surface area contributed by atoms with Gasteiger partial charge in [0.1, 0.15) is 0 Å². The maximum atomic E-state index is 8.68. The van der Waals surface area contributed by atoms with E-state index in [9.17, 15) is 0 Å². The summed E-state index contributed by atoms with van der Waals surface area (Å²) in [5.74, 6) is 1.66. The van der Waals surface area contributed by atoms with Crippen LogP contribution in [0.25, 0.3) is 76.6 Å². The number of aromatic nitrogens is 3. The van der Waals surface area contributed by atoms with Gasteiger partial charge in [0.05, 0.1) is 6.85 Å². The van der Waals surface area contributed by atoms with Crippen LogP contribution in [0, 0.1) is 0 Å². The lowest BCUT2D eigenvalue weighted by Gasteiger charge is -2.21. The number of hydrogen-bond acceptors (Lipinski definition) is 4. The second kappa shape index (κ2) is 10.3. The van der Waals surface area contributed by atoms with Crippen LogP contribution in [0.3, 0.4) is 0 Å². The summed E-state index contributed by atoms with van der Waals surface area (Å²) < 4.78 is 43.9. The van der Waals surface area contributed by atoms with E-state index in [1.165, 1.54) is 33.6 Å². The van der Waals surface area contributed by atoms with Crippen molar-refractivity contribution in [2.75, 3.05) is 0 Å². The fourth-order valence-corrected chi connectivity index (χ4v) is 8.07. The first-order chi connectivity index (χ1) is 24.6. The normalized spacial score (nSPS) is 14.7. The highest BCUT2D eigenvalue weighted by Crippen LogP contribution is 2.49. The molecule has 9 rings (SSSR count). The second-order valence-corrected chi connectivity index (χ2v) is 13.1. The fraction of sp³-hybridized carbons (Fsp3) is 0.0714. The number of rotatable bonds is 4. The lowest BCUT2D eigenvalue weighted by atomic mass is 9.82. The molecule has 6 aromatic carbocycles. The Morgan fingerprint density at radius 1 is 0.543 bits per heavy atom. The molecular weight excluding hydrogens is 579 g/mol. The Labute approximate surface area is 278 Å². The predicted octanol–water partition coefficient (Wildman–Crippen LogP) is 11.2. The van der Waals surface area contributed by atoms with Gasteiger partial charge in [-0.15, -0.1) is 11.3 Å². The Kier molecular flexibility index (Phi) is 4.95. The minimum atomic E-state index is -0.407. The summed E-state index contributed by atoms with van der Waals surface area (Å²) in [5, 5.41) is 1.84. The topological polar surface area (TPSA) is 38.7 Å². The molecule has 2 aromatic heterocycles. The molecular formula is C42H29N3S. The highest BCUT2D eigenvalue weighted by molar-refractivity contribution is 7.26. The zero-order chi connectivity index (χ0) is 35.2.